The van der Waals surface area contributed by atoms with Crippen LogP contribution in [0, 0.1) is 13.8 Å². The number of aryl methyl sites for hydroxylation is 2. The van der Waals surface area contributed by atoms with Crippen LogP contribution < -0.4 is 0 Å². The van der Waals surface area contributed by atoms with Gasteiger partial charge in [-0.3, -0.25) is 4.40 Å². The summed E-state index contributed by atoms with van der Waals surface area (Å²) >= 11 is 3.20. The van der Waals surface area contributed by atoms with Crippen molar-refractivity contribution < 1.29 is 9.90 Å². The Bertz CT molecular complexity index is 751. The van der Waals surface area contributed by atoms with E-state index < -0.39 is 5.97 Å². The minimum absolute atomic E-state index is 0.0905. The standard InChI is InChI=1S/C12H10N2O2S2/c1-6-3-8(7(2)18-6)10-5-17-12-13-9(11(15)16)4-14(10)12/h3-5H,1-2H3,(H,15,16). The molecule has 0 radical (unpaired) electrons. The van der Waals surface area contributed by atoms with Crippen LogP contribution in [0.4, 0.5) is 0 Å². The summed E-state index contributed by atoms with van der Waals surface area (Å²) in [5.41, 5.74) is 2.25. The third-order valence-electron chi connectivity index (χ3n) is 2.75. The van der Waals surface area contributed by atoms with E-state index in [9.17, 15) is 4.79 Å². The normalized spacial score (nSPS) is 11.2. The summed E-state index contributed by atoms with van der Waals surface area (Å²) in [7, 11) is 0. The molecule has 0 aliphatic rings. The molecule has 0 amide bonds. The van der Waals surface area contributed by atoms with E-state index in [1.54, 1.807) is 17.5 Å². The quantitative estimate of drug-likeness (QED) is 0.781. The molecule has 3 aromatic heterocycles. The van der Waals surface area contributed by atoms with Crippen LogP contribution in [0.1, 0.15) is 20.2 Å². The van der Waals surface area contributed by atoms with Crippen molar-refractivity contribution >= 4 is 33.6 Å². The van der Waals surface area contributed by atoms with Gasteiger partial charge in [-0.2, -0.15) is 0 Å². The summed E-state index contributed by atoms with van der Waals surface area (Å²) in [4.78, 5) is 18.2. The Morgan fingerprint density at radius 3 is 2.83 bits per heavy atom. The zero-order valence-electron chi connectivity index (χ0n) is 9.80. The van der Waals surface area contributed by atoms with E-state index in [0.717, 1.165) is 11.3 Å². The number of hydrogen-bond donors (Lipinski definition) is 1. The number of aromatic carboxylic acids is 1. The van der Waals surface area contributed by atoms with Gasteiger partial charge in [0, 0.05) is 26.9 Å². The van der Waals surface area contributed by atoms with Gasteiger partial charge in [0.1, 0.15) is 0 Å². The van der Waals surface area contributed by atoms with Crippen LogP contribution >= 0.6 is 22.7 Å². The average Bonchev–Trinajstić information content (AvgIpc) is 2.91. The summed E-state index contributed by atoms with van der Waals surface area (Å²) in [5.74, 6) is -0.991. The highest BCUT2D eigenvalue weighted by Crippen LogP contribution is 2.33. The van der Waals surface area contributed by atoms with E-state index in [-0.39, 0.29) is 5.69 Å². The highest BCUT2D eigenvalue weighted by Gasteiger charge is 2.15. The molecule has 3 rings (SSSR count). The van der Waals surface area contributed by atoms with Crippen molar-refractivity contribution in [3.8, 4) is 11.3 Å². The predicted molar refractivity (Wildman–Crippen MR) is 72.8 cm³/mol. The number of nitrogens with zero attached hydrogens (tertiary/aromatic N) is 2. The largest absolute Gasteiger partial charge is 0.476 e. The van der Waals surface area contributed by atoms with Crippen LogP contribution in [-0.2, 0) is 0 Å². The average molecular weight is 278 g/mol. The lowest BCUT2D eigenvalue weighted by Gasteiger charge is -1.97. The van der Waals surface area contributed by atoms with Crippen LogP contribution in [0.25, 0.3) is 16.2 Å². The number of rotatable bonds is 2. The Kier molecular flexibility index (Phi) is 2.49. The number of carboxylic acids is 1. The topological polar surface area (TPSA) is 54.6 Å². The molecule has 4 nitrogen and oxygen atoms in total. The van der Waals surface area contributed by atoms with Crippen molar-refractivity contribution in [3.63, 3.8) is 0 Å². The first-order chi connectivity index (χ1) is 8.56. The molecule has 0 saturated heterocycles. The summed E-state index contributed by atoms with van der Waals surface area (Å²) in [5, 5.41) is 11.0. The van der Waals surface area contributed by atoms with Gasteiger partial charge in [0.25, 0.3) is 0 Å². The minimum atomic E-state index is -0.991. The van der Waals surface area contributed by atoms with Crippen LogP contribution in [-0.4, -0.2) is 20.5 Å². The predicted octanol–water partition coefficient (Wildman–Crippen LogP) is 3.44. The number of carboxylic acid groups (broad SMARTS) is 1. The maximum absolute atomic E-state index is 10.9. The summed E-state index contributed by atoms with van der Waals surface area (Å²) in [6.45, 7) is 4.15. The second kappa shape index (κ2) is 3.93. The van der Waals surface area contributed by atoms with Crippen molar-refractivity contribution in [2.75, 3.05) is 0 Å². The Balaban J connectivity index is 2.23. The molecule has 1 N–H and O–H groups in total. The lowest BCUT2D eigenvalue weighted by Crippen LogP contribution is -1.95. The van der Waals surface area contributed by atoms with Crippen LogP contribution in [0.15, 0.2) is 17.6 Å². The second-order valence-corrected chi connectivity index (χ2v) is 6.33. The van der Waals surface area contributed by atoms with Crippen molar-refractivity contribution in [3.05, 3.63) is 33.1 Å². The molecular formula is C12H10N2O2S2. The minimum Gasteiger partial charge on any atom is -0.476 e. The van der Waals surface area contributed by atoms with Crippen molar-refractivity contribution in [1.82, 2.24) is 9.38 Å². The molecule has 0 atom stereocenters. The molecule has 0 spiro atoms. The molecule has 6 heteroatoms. The molecular weight excluding hydrogens is 268 g/mol. The highest BCUT2D eigenvalue weighted by atomic mass is 32.1. The number of thiazole rings is 1. The fourth-order valence-electron chi connectivity index (χ4n) is 1.97. The Labute approximate surface area is 111 Å². The molecule has 0 aliphatic carbocycles. The highest BCUT2D eigenvalue weighted by molar-refractivity contribution is 7.15. The Hall–Kier alpha value is -1.66. The molecule has 18 heavy (non-hydrogen) atoms. The maximum Gasteiger partial charge on any atom is 0.356 e. The van der Waals surface area contributed by atoms with Gasteiger partial charge in [-0.05, 0) is 19.9 Å². The summed E-state index contributed by atoms with van der Waals surface area (Å²) in [6, 6.07) is 2.13. The zero-order valence-corrected chi connectivity index (χ0v) is 11.4. The van der Waals surface area contributed by atoms with Gasteiger partial charge in [0.05, 0.1) is 5.69 Å². The number of fused-ring (bicyclic) bond motifs is 1. The Morgan fingerprint density at radius 2 is 2.22 bits per heavy atom. The van der Waals surface area contributed by atoms with Gasteiger partial charge in [0.2, 0.25) is 0 Å². The maximum atomic E-state index is 10.9. The first kappa shape index (κ1) is 11.4. The van der Waals surface area contributed by atoms with Crippen LogP contribution in [0.2, 0.25) is 0 Å². The van der Waals surface area contributed by atoms with Crippen LogP contribution in [0.5, 0.6) is 0 Å². The lowest BCUT2D eigenvalue weighted by atomic mass is 10.2. The monoisotopic (exact) mass is 278 g/mol. The van der Waals surface area contributed by atoms with E-state index in [1.807, 2.05) is 9.78 Å². The molecule has 3 heterocycles. The molecule has 0 aromatic carbocycles. The van der Waals surface area contributed by atoms with Gasteiger partial charge >= 0.3 is 5.97 Å². The van der Waals surface area contributed by atoms with Gasteiger partial charge in [-0.1, -0.05) is 0 Å². The zero-order chi connectivity index (χ0) is 12.9. The fraction of sp³-hybridized carbons (Fsp3) is 0.167. The molecule has 0 aliphatic heterocycles. The Morgan fingerprint density at radius 1 is 1.44 bits per heavy atom. The number of thiophene rings is 1. The molecule has 92 valence electrons. The second-order valence-electron chi connectivity index (χ2n) is 4.03. The molecule has 0 unspecified atom stereocenters. The van der Waals surface area contributed by atoms with Crippen LogP contribution in [0.3, 0.4) is 0 Å². The molecule has 0 bridgehead atoms. The lowest BCUT2D eigenvalue weighted by molar-refractivity contribution is 0.0691. The summed E-state index contributed by atoms with van der Waals surface area (Å²) in [6.07, 6.45) is 1.58. The van der Waals surface area contributed by atoms with E-state index >= 15 is 0 Å². The van der Waals surface area contributed by atoms with Crippen molar-refractivity contribution in [2.45, 2.75) is 13.8 Å². The number of imidazole rings is 1. The first-order valence-corrected chi connectivity index (χ1v) is 7.03. The molecule has 0 fully saturated rings. The smallest absolute Gasteiger partial charge is 0.356 e. The number of aromatic nitrogens is 2. The van der Waals surface area contributed by atoms with Gasteiger partial charge in [-0.15, -0.1) is 22.7 Å². The molecule has 3 aromatic rings. The SMILES string of the molecule is Cc1cc(-c2csc3nc(C(=O)O)cn23)c(C)s1. The van der Waals surface area contributed by atoms with E-state index in [2.05, 4.69) is 24.9 Å². The third-order valence-corrected chi connectivity index (χ3v) is 4.55. The van der Waals surface area contributed by atoms with Gasteiger partial charge in [0.15, 0.2) is 10.7 Å². The van der Waals surface area contributed by atoms with Gasteiger partial charge < -0.3 is 5.11 Å². The summed E-state index contributed by atoms with van der Waals surface area (Å²) < 4.78 is 1.85. The van der Waals surface area contributed by atoms with Gasteiger partial charge in [-0.25, -0.2) is 9.78 Å². The van der Waals surface area contributed by atoms with E-state index in [4.69, 9.17) is 5.11 Å². The number of hydrogen-bond acceptors (Lipinski definition) is 4. The fourth-order valence-corrected chi connectivity index (χ4v) is 3.77. The van der Waals surface area contributed by atoms with E-state index in [0.29, 0.717) is 4.96 Å². The number of carbonyl (C=O) groups is 1. The molecule has 0 saturated carbocycles. The third kappa shape index (κ3) is 1.65. The first-order valence-electron chi connectivity index (χ1n) is 5.33. The van der Waals surface area contributed by atoms with Crippen molar-refractivity contribution in [1.29, 1.82) is 0 Å². The van der Waals surface area contributed by atoms with Crippen molar-refractivity contribution in [2.24, 2.45) is 0 Å². The van der Waals surface area contributed by atoms with E-state index in [1.165, 1.54) is 21.1 Å².